The standard InChI is InChI=1S/C16H20F2N2O2.ClH/c17-16(18)22-12-4-2-1-3-11(12)8-20-15(21)13-9-5-6-10(7-9)14(13)19;/h1-4,9-10,13-14,16H,5-8,19H2,(H,20,21);1H. The molecular formula is C16H21ClF2N2O2. The van der Waals surface area contributed by atoms with Crippen molar-refractivity contribution in [3.8, 4) is 5.75 Å². The molecule has 128 valence electrons. The van der Waals surface area contributed by atoms with Crippen LogP contribution < -0.4 is 15.8 Å². The van der Waals surface area contributed by atoms with Crippen LogP contribution in [0.25, 0.3) is 0 Å². The molecule has 0 saturated heterocycles. The van der Waals surface area contributed by atoms with Crippen molar-refractivity contribution in [2.75, 3.05) is 0 Å². The lowest BCUT2D eigenvalue weighted by Crippen LogP contribution is -2.45. The number of nitrogens with one attached hydrogen (secondary N) is 1. The van der Waals surface area contributed by atoms with Crippen molar-refractivity contribution in [1.29, 1.82) is 0 Å². The minimum absolute atomic E-state index is 0. The number of carbonyl (C=O) groups is 1. The summed E-state index contributed by atoms with van der Waals surface area (Å²) < 4.78 is 29.2. The highest BCUT2D eigenvalue weighted by atomic mass is 35.5. The molecule has 2 saturated carbocycles. The molecule has 1 aromatic rings. The molecule has 3 N–H and O–H groups in total. The van der Waals surface area contributed by atoms with Crippen LogP contribution in [0.15, 0.2) is 24.3 Å². The molecule has 0 radical (unpaired) electrons. The number of nitrogens with two attached hydrogens (primary N) is 1. The van der Waals surface area contributed by atoms with Crippen molar-refractivity contribution in [2.45, 2.75) is 38.5 Å². The van der Waals surface area contributed by atoms with Crippen molar-refractivity contribution >= 4 is 18.3 Å². The molecule has 0 aromatic heterocycles. The predicted octanol–water partition coefficient (Wildman–Crippen LogP) is 2.70. The summed E-state index contributed by atoms with van der Waals surface area (Å²) in [7, 11) is 0. The van der Waals surface area contributed by atoms with Crippen LogP contribution in [-0.2, 0) is 11.3 Å². The minimum Gasteiger partial charge on any atom is -0.434 e. The van der Waals surface area contributed by atoms with Gasteiger partial charge in [0.25, 0.3) is 0 Å². The predicted molar refractivity (Wildman–Crippen MR) is 84.5 cm³/mol. The van der Waals surface area contributed by atoms with Gasteiger partial charge in [-0.25, -0.2) is 0 Å². The maximum absolute atomic E-state index is 12.4. The molecule has 0 heterocycles. The number of hydrogen-bond donors (Lipinski definition) is 2. The number of hydrogen-bond acceptors (Lipinski definition) is 3. The number of para-hydroxylation sites is 1. The van der Waals surface area contributed by atoms with Crippen molar-refractivity contribution in [2.24, 2.45) is 23.5 Å². The number of alkyl halides is 2. The normalized spacial score (nSPS) is 28.5. The molecule has 0 spiro atoms. The first kappa shape index (κ1) is 17.9. The van der Waals surface area contributed by atoms with Gasteiger partial charge in [-0.3, -0.25) is 4.79 Å². The molecule has 2 fully saturated rings. The van der Waals surface area contributed by atoms with Gasteiger partial charge in [-0.1, -0.05) is 18.2 Å². The monoisotopic (exact) mass is 346 g/mol. The van der Waals surface area contributed by atoms with E-state index >= 15 is 0 Å². The van der Waals surface area contributed by atoms with Crippen LogP contribution in [0.2, 0.25) is 0 Å². The maximum Gasteiger partial charge on any atom is 0.387 e. The SMILES string of the molecule is Cl.NC1C2CCC(C2)C1C(=O)NCc1ccccc1OC(F)F. The average molecular weight is 347 g/mol. The Kier molecular flexibility index (Phi) is 5.81. The average Bonchev–Trinajstić information content (AvgIpc) is 3.06. The van der Waals surface area contributed by atoms with Gasteiger partial charge >= 0.3 is 6.61 Å². The van der Waals surface area contributed by atoms with E-state index in [2.05, 4.69) is 10.1 Å². The van der Waals surface area contributed by atoms with Gasteiger partial charge in [0.15, 0.2) is 0 Å². The summed E-state index contributed by atoms with van der Waals surface area (Å²) in [6.07, 6.45) is 3.20. The van der Waals surface area contributed by atoms with E-state index in [0.717, 1.165) is 19.3 Å². The van der Waals surface area contributed by atoms with E-state index in [1.54, 1.807) is 18.2 Å². The van der Waals surface area contributed by atoms with E-state index in [-0.39, 0.29) is 42.6 Å². The fourth-order valence-electron chi connectivity index (χ4n) is 3.89. The second-order valence-electron chi connectivity index (χ2n) is 6.14. The Balaban J connectivity index is 0.00000192. The Morgan fingerprint density at radius 2 is 2.00 bits per heavy atom. The van der Waals surface area contributed by atoms with E-state index < -0.39 is 6.61 Å². The fraction of sp³-hybridized carbons (Fsp3) is 0.562. The van der Waals surface area contributed by atoms with Gasteiger partial charge in [0, 0.05) is 18.2 Å². The second kappa shape index (κ2) is 7.45. The number of amides is 1. The molecule has 4 nitrogen and oxygen atoms in total. The molecule has 2 bridgehead atoms. The van der Waals surface area contributed by atoms with E-state index in [4.69, 9.17) is 5.73 Å². The first-order valence-corrected chi connectivity index (χ1v) is 7.62. The van der Waals surface area contributed by atoms with E-state index in [9.17, 15) is 13.6 Å². The van der Waals surface area contributed by atoms with Gasteiger partial charge in [0.05, 0.1) is 5.92 Å². The highest BCUT2D eigenvalue weighted by Crippen LogP contribution is 2.47. The van der Waals surface area contributed by atoms with Gasteiger partial charge in [-0.05, 0) is 37.2 Å². The summed E-state index contributed by atoms with van der Waals surface area (Å²) in [5, 5.41) is 2.83. The van der Waals surface area contributed by atoms with Crippen LogP contribution in [0.5, 0.6) is 5.75 Å². The minimum atomic E-state index is -2.88. The van der Waals surface area contributed by atoms with Gasteiger partial charge in [-0.2, -0.15) is 8.78 Å². The van der Waals surface area contributed by atoms with Gasteiger partial charge in [-0.15, -0.1) is 12.4 Å². The van der Waals surface area contributed by atoms with Crippen molar-refractivity contribution in [1.82, 2.24) is 5.32 Å². The molecule has 1 aromatic carbocycles. The Labute approximate surface area is 140 Å². The zero-order chi connectivity index (χ0) is 15.7. The zero-order valence-electron chi connectivity index (χ0n) is 12.6. The summed E-state index contributed by atoms with van der Waals surface area (Å²) in [5.41, 5.74) is 6.68. The number of halogens is 3. The van der Waals surface area contributed by atoms with Crippen molar-refractivity contribution in [3.05, 3.63) is 29.8 Å². The Bertz CT molecular complexity index is 557. The number of carbonyl (C=O) groups excluding carboxylic acids is 1. The molecule has 4 atom stereocenters. The third-order valence-electron chi connectivity index (χ3n) is 4.93. The molecule has 1 amide bonds. The maximum atomic E-state index is 12.4. The van der Waals surface area contributed by atoms with E-state index in [1.807, 2.05) is 0 Å². The van der Waals surface area contributed by atoms with Crippen molar-refractivity contribution in [3.63, 3.8) is 0 Å². The zero-order valence-corrected chi connectivity index (χ0v) is 13.4. The molecular weight excluding hydrogens is 326 g/mol. The van der Waals surface area contributed by atoms with Crippen LogP contribution in [0.1, 0.15) is 24.8 Å². The summed E-state index contributed by atoms with van der Waals surface area (Å²) in [5.74, 6) is 0.686. The molecule has 2 aliphatic carbocycles. The lowest BCUT2D eigenvalue weighted by molar-refractivity contribution is -0.127. The van der Waals surface area contributed by atoms with Crippen LogP contribution in [-0.4, -0.2) is 18.6 Å². The topological polar surface area (TPSA) is 64.4 Å². The highest BCUT2D eigenvalue weighted by molar-refractivity contribution is 5.85. The Morgan fingerprint density at radius 3 is 2.65 bits per heavy atom. The van der Waals surface area contributed by atoms with Gasteiger partial charge in [0.2, 0.25) is 5.91 Å². The molecule has 7 heteroatoms. The Morgan fingerprint density at radius 1 is 1.30 bits per heavy atom. The van der Waals surface area contributed by atoms with Crippen molar-refractivity contribution < 1.29 is 18.3 Å². The molecule has 23 heavy (non-hydrogen) atoms. The quantitative estimate of drug-likeness (QED) is 0.861. The lowest BCUT2D eigenvalue weighted by atomic mass is 9.84. The second-order valence-corrected chi connectivity index (χ2v) is 6.14. The van der Waals surface area contributed by atoms with Crippen LogP contribution in [0.3, 0.4) is 0 Å². The number of benzene rings is 1. The third kappa shape index (κ3) is 3.75. The van der Waals surface area contributed by atoms with Crippen LogP contribution in [0, 0.1) is 17.8 Å². The van der Waals surface area contributed by atoms with Crippen LogP contribution >= 0.6 is 12.4 Å². The number of ether oxygens (including phenoxy) is 1. The smallest absolute Gasteiger partial charge is 0.387 e. The lowest BCUT2D eigenvalue weighted by Gasteiger charge is -2.27. The summed E-state index contributed by atoms with van der Waals surface area (Å²) in [6.45, 7) is -2.71. The fourth-order valence-corrected chi connectivity index (χ4v) is 3.89. The first-order chi connectivity index (χ1) is 10.6. The molecule has 4 unspecified atom stereocenters. The van der Waals surface area contributed by atoms with E-state index in [1.165, 1.54) is 6.07 Å². The Hall–Kier alpha value is -1.40. The summed E-state index contributed by atoms with van der Waals surface area (Å²) in [4.78, 5) is 12.4. The largest absolute Gasteiger partial charge is 0.434 e. The number of rotatable bonds is 5. The molecule has 3 rings (SSSR count). The molecule has 0 aliphatic heterocycles. The summed E-state index contributed by atoms with van der Waals surface area (Å²) >= 11 is 0. The third-order valence-corrected chi connectivity index (χ3v) is 4.93. The van der Waals surface area contributed by atoms with Crippen LogP contribution in [0.4, 0.5) is 8.78 Å². The first-order valence-electron chi connectivity index (χ1n) is 7.62. The summed E-state index contributed by atoms with van der Waals surface area (Å²) in [6, 6.07) is 6.40. The highest BCUT2D eigenvalue weighted by Gasteiger charge is 2.48. The van der Waals surface area contributed by atoms with Gasteiger partial charge < -0.3 is 15.8 Å². The number of fused-ring (bicyclic) bond motifs is 2. The van der Waals surface area contributed by atoms with E-state index in [0.29, 0.717) is 17.4 Å². The van der Waals surface area contributed by atoms with Gasteiger partial charge in [0.1, 0.15) is 5.75 Å². The molecule has 2 aliphatic rings.